The molecule has 2 rings (SSSR count). The van der Waals surface area contributed by atoms with Gasteiger partial charge >= 0.3 is 5.69 Å². The molecule has 0 spiro atoms. The quantitative estimate of drug-likeness (QED) is 0.792. The molecule has 0 bridgehead atoms. The number of aromatic nitrogens is 3. The summed E-state index contributed by atoms with van der Waals surface area (Å²) in [6, 6.07) is 8.12. The summed E-state index contributed by atoms with van der Waals surface area (Å²) < 4.78 is 6.70. The first-order valence-corrected chi connectivity index (χ1v) is 7.54. The highest BCUT2D eigenvalue weighted by atomic mass is 32.2. The van der Waals surface area contributed by atoms with Gasteiger partial charge in [-0.25, -0.2) is 9.89 Å². The van der Waals surface area contributed by atoms with Crippen LogP contribution in [0.25, 0.3) is 0 Å². The average molecular weight is 308 g/mol. The molecule has 0 amide bonds. The molecule has 2 N–H and O–H groups in total. The van der Waals surface area contributed by atoms with E-state index in [1.807, 2.05) is 31.3 Å². The third-order valence-electron chi connectivity index (χ3n) is 3.39. The lowest BCUT2D eigenvalue weighted by atomic mass is 10.0. The number of rotatable bonds is 6. The molecule has 1 heterocycles. The molecule has 0 saturated carbocycles. The number of thioether (sulfide) groups is 1. The summed E-state index contributed by atoms with van der Waals surface area (Å²) in [5, 5.41) is 10.7. The van der Waals surface area contributed by atoms with Crippen LogP contribution in [0.15, 0.2) is 34.2 Å². The number of methoxy groups -OCH3 is 1. The van der Waals surface area contributed by atoms with Crippen LogP contribution in [0.4, 0.5) is 0 Å². The lowest BCUT2D eigenvalue weighted by molar-refractivity contribution is 0.414. The summed E-state index contributed by atoms with van der Waals surface area (Å²) in [6.45, 7) is 2.11. The molecule has 6 nitrogen and oxygen atoms in total. The molecule has 0 saturated heterocycles. The van der Waals surface area contributed by atoms with Gasteiger partial charge in [0.2, 0.25) is 0 Å². The smallest absolute Gasteiger partial charge is 0.343 e. The molecule has 0 fully saturated rings. The first-order valence-electron chi connectivity index (χ1n) is 6.66. The third kappa shape index (κ3) is 3.48. The Hall–Kier alpha value is -1.73. The number of nitrogens with one attached hydrogen (secondary N) is 2. The zero-order valence-electron chi connectivity index (χ0n) is 12.6. The highest BCUT2D eigenvalue weighted by molar-refractivity contribution is 7.99. The van der Waals surface area contributed by atoms with Gasteiger partial charge in [-0.15, -0.1) is 5.10 Å². The summed E-state index contributed by atoms with van der Waals surface area (Å²) in [6.07, 6.45) is 0. The Morgan fingerprint density at radius 1 is 1.38 bits per heavy atom. The zero-order valence-corrected chi connectivity index (χ0v) is 13.4. The molecule has 7 heteroatoms. The van der Waals surface area contributed by atoms with Crippen molar-refractivity contribution in [3.8, 4) is 5.75 Å². The van der Waals surface area contributed by atoms with Crippen molar-refractivity contribution in [2.75, 3.05) is 14.2 Å². The number of H-pyrrole nitrogens is 1. The Bertz CT molecular complexity index is 635. The van der Waals surface area contributed by atoms with Crippen LogP contribution in [0.1, 0.15) is 18.5 Å². The minimum absolute atomic E-state index is 0.146. The van der Waals surface area contributed by atoms with Gasteiger partial charge in [-0.05, 0) is 24.7 Å². The molecule has 0 aliphatic heterocycles. The highest BCUT2D eigenvalue weighted by Crippen LogP contribution is 2.30. The van der Waals surface area contributed by atoms with Gasteiger partial charge < -0.3 is 10.1 Å². The van der Waals surface area contributed by atoms with E-state index in [2.05, 4.69) is 22.4 Å². The van der Waals surface area contributed by atoms with Gasteiger partial charge in [0, 0.05) is 18.3 Å². The van der Waals surface area contributed by atoms with Gasteiger partial charge in [0.1, 0.15) is 5.75 Å². The number of aromatic amines is 1. The Morgan fingerprint density at radius 2 is 2.05 bits per heavy atom. The summed E-state index contributed by atoms with van der Waals surface area (Å²) >= 11 is 1.56. The van der Waals surface area contributed by atoms with Crippen LogP contribution in [0.5, 0.6) is 5.75 Å². The van der Waals surface area contributed by atoms with Crippen LogP contribution in [0, 0.1) is 0 Å². The molecule has 21 heavy (non-hydrogen) atoms. The summed E-state index contributed by atoms with van der Waals surface area (Å²) in [5.41, 5.74) is 0.967. The average Bonchev–Trinajstić information content (AvgIpc) is 2.81. The van der Waals surface area contributed by atoms with Crippen molar-refractivity contribution in [3.05, 3.63) is 40.3 Å². The predicted octanol–water partition coefficient (Wildman–Crippen LogP) is 1.56. The number of nitrogens with zero attached hydrogens (tertiary/aromatic N) is 2. The molecule has 2 atom stereocenters. The van der Waals surface area contributed by atoms with Gasteiger partial charge in [0.25, 0.3) is 0 Å². The fourth-order valence-corrected chi connectivity index (χ4v) is 3.26. The molecule has 2 aromatic rings. The molecule has 1 aromatic carbocycles. The maximum absolute atomic E-state index is 11.4. The zero-order chi connectivity index (χ0) is 15.4. The predicted molar refractivity (Wildman–Crippen MR) is 83.9 cm³/mol. The van der Waals surface area contributed by atoms with Crippen LogP contribution in [0.2, 0.25) is 0 Å². The standard InChI is InChI=1S/C14H20N4O2S/c1-9(21-14-17-16-13(19)18(14)3)12(15-2)10-5-7-11(20-4)8-6-10/h5-9,12,15H,1-4H3,(H,16,19). The maximum atomic E-state index is 11.4. The van der Waals surface area contributed by atoms with E-state index >= 15 is 0 Å². The molecule has 0 aliphatic rings. The van der Waals surface area contributed by atoms with Crippen LogP contribution < -0.4 is 15.7 Å². The minimum Gasteiger partial charge on any atom is -0.497 e. The highest BCUT2D eigenvalue weighted by Gasteiger charge is 2.21. The largest absolute Gasteiger partial charge is 0.497 e. The topological polar surface area (TPSA) is 71.9 Å². The second kappa shape index (κ2) is 6.82. The van der Waals surface area contributed by atoms with Crippen molar-refractivity contribution in [2.24, 2.45) is 7.05 Å². The first-order chi connectivity index (χ1) is 10.1. The van der Waals surface area contributed by atoms with E-state index in [4.69, 9.17) is 4.74 Å². The lowest BCUT2D eigenvalue weighted by Crippen LogP contribution is -2.25. The van der Waals surface area contributed by atoms with Crippen LogP contribution >= 0.6 is 11.8 Å². The molecule has 1 aromatic heterocycles. The van der Waals surface area contributed by atoms with E-state index in [0.29, 0.717) is 5.16 Å². The van der Waals surface area contributed by atoms with Crippen molar-refractivity contribution >= 4 is 11.8 Å². The van der Waals surface area contributed by atoms with Crippen molar-refractivity contribution in [1.82, 2.24) is 20.1 Å². The summed E-state index contributed by atoms with van der Waals surface area (Å²) in [5.74, 6) is 0.837. The number of benzene rings is 1. The normalized spacial score (nSPS) is 13.9. The second-order valence-electron chi connectivity index (χ2n) is 4.73. The van der Waals surface area contributed by atoms with Crippen LogP contribution in [-0.2, 0) is 7.05 Å². The van der Waals surface area contributed by atoms with E-state index in [9.17, 15) is 4.79 Å². The fraction of sp³-hybridized carbons (Fsp3) is 0.429. The van der Waals surface area contributed by atoms with Gasteiger partial charge in [-0.1, -0.05) is 30.8 Å². The summed E-state index contributed by atoms with van der Waals surface area (Å²) in [4.78, 5) is 11.4. The monoisotopic (exact) mass is 308 g/mol. The first kappa shape index (κ1) is 15.7. The number of hydrogen-bond acceptors (Lipinski definition) is 5. The van der Waals surface area contributed by atoms with E-state index < -0.39 is 0 Å². The number of hydrogen-bond donors (Lipinski definition) is 2. The van der Waals surface area contributed by atoms with Gasteiger partial charge in [-0.3, -0.25) is 4.57 Å². The van der Waals surface area contributed by atoms with Gasteiger partial charge in [0.15, 0.2) is 5.16 Å². The molecule has 0 radical (unpaired) electrons. The Kier molecular flexibility index (Phi) is 5.08. The maximum Gasteiger partial charge on any atom is 0.343 e. The fourth-order valence-electron chi connectivity index (χ4n) is 2.16. The summed E-state index contributed by atoms with van der Waals surface area (Å²) in [7, 11) is 5.29. The second-order valence-corrected chi connectivity index (χ2v) is 6.08. The van der Waals surface area contributed by atoms with Crippen molar-refractivity contribution < 1.29 is 4.74 Å². The lowest BCUT2D eigenvalue weighted by Gasteiger charge is -2.23. The van der Waals surface area contributed by atoms with Gasteiger partial charge in [0.05, 0.1) is 7.11 Å². The Balaban J connectivity index is 2.15. The SMILES string of the molecule is CNC(c1ccc(OC)cc1)C(C)Sc1n[nH]c(=O)n1C. The van der Waals surface area contributed by atoms with Crippen molar-refractivity contribution in [2.45, 2.75) is 23.4 Å². The van der Waals surface area contributed by atoms with Crippen LogP contribution in [-0.4, -0.2) is 34.2 Å². The van der Waals surface area contributed by atoms with Crippen LogP contribution in [0.3, 0.4) is 0 Å². The van der Waals surface area contributed by atoms with E-state index in [1.165, 1.54) is 10.1 Å². The van der Waals surface area contributed by atoms with E-state index in [0.717, 1.165) is 5.75 Å². The Morgan fingerprint density at radius 3 is 2.52 bits per heavy atom. The van der Waals surface area contributed by atoms with Crippen molar-refractivity contribution in [1.29, 1.82) is 0 Å². The Labute approximate surface area is 127 Å². The van der Waals surface area contributed by atoms with E-state index in [-0.39, 0.29) is 17.0 Å². The van der Waals surface area contributed by atoms with Crippen molar-refractivity contribution in [3.63, 3.8) is 0 Å². The third-order valence-corrected chi connectivity index (χ3v) is 4.61. The number of ether oxygens (including phenoxy) is 1. The molecular formula is C14H20N4O2S. The molecular weight excluding hydrogens is 288 g/mol. The van der Waals surface area contributed by atoms with E-state index in [1.54, 1.807) is 25.9 Å². The van der Waals surface area contributed by atoms with Gasteiger partial charge in [-0.2, -0.15) is 0 Å². The molecule has 114 valence electrons. The molecule has 2 unspecified atom stereocenters. The minimum atomic E-state index is -0.199. The molecule has 0 aliphatic carbocycles.